The van der Waals surface area contributed by atoms with Crippen LogP contribution in [0.15, 0.2) is 30.5 Å². The van der Waals surface area contributed by atoms with Gasteiger partial charge in [-0.3, -0.25) is 4.79 Å². The molecule has 1 aromatic heterocycles. The molecule has 0 saturated heterocycles. The van der Waals surface area contributed by atoms with Crippen molar-refractivity contribution in [3.05, 3.63) is 45.9 Å². The highest BCUT2D eigenvalue weighted by atomic mass is 32.1. The first-order chi connectivity index (χ1) is 9.60. The van der Waals surface area contributed by atoms with Crippen molar-refractivity contribution in [3.8, 4) is 0 Å². The number of benzene rings is 1. The minimum absolute atomic E-state index is 0.0103. The van der Waals surface area contributed by atoms with Gasteiger partial charge in [-0.1, -0.05) is 19.1 Å². The van der Waals surface area contributed by atoms with Crippen LogP contribution in [0.5, 0.6) is 0 Å². The molecule has 0 bridgehead atoms. The van der Waals surface area contributed by atoms with Gasteiger partial charge in [-0.25, -0.2) is 4.98 Å². The van der Waals surface area contributed by atoms with Crippen molar-refractivity contribution in [1.82, 2.24) is 10.3 Å². The molecule has 1 aromatic carbocycles. The van der Waals surface area contributed by atoms with E-state index in [-0.39, 0.29) is 11.8 Å². The van der Waals surface area contributed by atoms with E-state index in [1.54, 1.807) is 11.3 Å². The van der Waals surface area contributed by atoms with Crippen LogP contribution in [0.4, 0.5) is 5.69 Å². The van der Waals surface area contributed by atoms with E-state index in [0.29, 0.717) is 12.2 Å². The molecule has 4 nitrogen and oxygen atoms in total. The van der Waals surface area contributed by atoms with Crippen LogP contribution in [0.3, 0.4) is 0 Å². The third-order valence-electron chi connectivity index (χ3n) is 3.17. The Morgan fingerprint density at radius 3 is 2.95 bits per heavy atom. The van der Waals surface area contributed by atoms with E-state index in [9.17, 15) is 4.79 Å². The van der Waals surface area contributed by atoms with Crippen molar-refractivity contribution in [2.75, 3.05) is 5.73 Å². The highest BCUT2D eigenvalue weighted by Gasteiger charge is 2.15. The smallest absolute Gasteiger partial charge is 0.227 e. The second kappa shape index (κ2) is 6.52. The average molecular weight is 289 g/mol. The van der Waals surface area contributed by atoms with Gasteiger partial charge < -0.3 is 11.1 Å². The van der Waals surface area contributed by atoms with E-state index in [4.69, 9.17) is 5.73 Å². The van der Waals surface area contributed by atoms with Crippen LogP contribution in [-0.2, 0) is 17.8 Å². The van der Waals surface area contributed by atoms with E-state index in [0.717, 1.165) is 17.0 Å². The molecule has 2 rings (SSSR count). The molecule has 0 aliphatic carbocycles. The van der Waals surface area contributed by atoms with Crippen LogP contribution in [-0.4, -0.2) is 10.9 Å². The van der Waals surface area contributed by atoms with Gasteiger partial charge in [0.25, 0.3) is 0 Å². The standard InChI is InChI=1S/C15H19N3OS/c1-3-13-8-17-14(20-13)9-18-15(19)10(2)11-5-4-6-12(16)7-11/h4-8,10H,3,9,16H2,1-2H3,(H,18,19). The molecule has 1 unspecified atom stereocenters. The average Bonchev–Trinajstić information content (AvgIpc) is 2.92. The molecule has 1 amide bonds. The summed E-state index contributed by atoms with van der Waals surface area (Å²) in [5.41, 5.74) is 7.34. The second-order valence-electron chi connectivity index (χ2n) is 4.68. The lowest BCUT2D eigenvalue weighted by molar-refractivity contribution is -0.122. The highest BCUT2D eigenvalue weighted by Crippen LogP contribution is 2.18. The summed E-state index contributed by atoms with van der Waals surface area (Å²) < 4.78 is 0. The molecule has 106 valence electrons. The molecular formula is C15H19N3OS. The van der Waals surface area contributed by atoms with Crippen molar-refractivity contribution >= 4 is 22.9 Å². The summed E-state index contributed by atoms with van der Waals surface area (Å²) in [7, 11) is 0. The Morgan fingerprint density at radius 2 is 2.30 bits per heavy atom. The van der Waals surface area contributed by atoms with E-state index < -0.39 is 0 Å². The molecule has 1 heterocycles. The van der Waals surface area contributed by atoms with E-state index in [2.05, 4.69) is 17.2 Å². The van der Waals surface area contributed by atoms with E-state index >= 15 is 0 Å². The fourth-order valence-corrected chi connectivity index (χ4v) is 2.69. The Balaban J connectivity index is 1.94. The molecule has 0 fully saturated rings. The fourth-order valence-electron chi connectivity index (χ4n) is 1.89. The summed E-state index contributed by atoms with van der Waals surface area (Å²) in [6.07, 6.45) is 2.85. The number of nitrogens with two attached hydrogens (primary N) is 1. The minimum Gasteiger partial charge on any atom is -0.399 e. The maximum absolute atomic E-state index is 12.1. The third-order valence-corrected chi connectivity index (χ3v) is 4.31. The third kappa shape index (κ3) is 3.57. The number of anilines is 1. The van der Waals surface area contributed by atoms with Crippen LogP contribution >= 0.6 is 11.3 Å². The number of thiazole rings is 1. The molecule has 5 heteroatoms. The molecule has 0 aliphatic heterocycles. The number of aromatic nitrogens is 1. The number of nitrogen functional groups attached to an aromatic ring is 1. The van der Waals surface area contributed by atoms with Gasteiger partial charge in [0.05, 0.1) is 12.5 Å². The topological polar surface area (TPSA) is 68.0 Å². The van der Waals surface area contributed by atoms with Gasteiger partial charge in [0.15, 0.2) is 0 Å². The lowest BCUT2D eigenvalue weighted by Gasteiger charge is -2.12. The van der Waals surface area contributed by atoms with Gasteiger partial charge >= 0.3 is 0 Å². The Labute approximate surface area is 123 Å². The number of rotatable bonds is 5. The van der Waals surface area contributed by atoms with Crippen LogP contribution in [0, 0.1) is 0 Å². The number of carbonyl (C=O) groups is 1. The molecule has 1 atom stereocenters. The van der Waals surface area contributed by atoms with Gasteiger partial charge in [0, 0.05) is 16.8 Å². The van der Waals surface area contributed by atoms with Crippen molar-refractivity contribution in [3.63, 3.8) is 0 Å². The van der Waals surface area contributed by atoms with Crippen LogP contribution < -0.4 is 11.1 Å². The van der Waals surface area contributed by atoms with Crippen molar-refractivity contribution < 1.29 is 4.79 Å². The van der Waals surface area contributed by atoms with Crippen molar-refractivity contribution in [2.45, 2.75) is 32.7 Å². The summed E-state index contributed by atoms with van der Waals surface area (Å²) in [4.78, 5) is 17.7. The minimum atomic E-state index is -0.218. The number of amides is 1. The number of hydrogen-bond donors (Lipinski definition) is 2. The molecule has 0 saturated carbocycles. The summed E-state index contributed by atoms with van der Waals surface area (Å²) in [6.45, 7) is 4.46. The van der Waals surface area contributed by atoms with Gasteiger partial charge in [-0.15, -0.1) is 11.3 Å². The Hall–Kier alpha value is -1.88. The molecule has 0 aliphatic rings. The number of hydrogen-bond acceptors (Lipinski definition) is 4. The molecular weight excluding hydrogens is 270 g/mol. The first-order valence-electron chi connectivity index (χ1n) is 6.67. The number of carbonyl (C=O) groups excluding carboxylic acids is 1. The van der Waals surface area contributed by atoms with Gasteiger partial charge in [0.1, 0.15) is 5.01 Å². The highest BCUT2D eigenvalue weighted by molar-refractivity contribution is 7.11. The van der Waals surface area contributed by atoms with Crippen molar-refractivity contribution in [1.29, 1.82) is 0 Å². The SMILES string of the molecule is CCc1cnc(CNC(=O)C(C)c2cccc(N)c2)s1. The second-order valence-corrected chi connectivity index (χ2v) is 5.88. The molecule has 2 aromatic rings. The monoisotopic (exact) mass is 289 g/mol. The predicted octanol–water partition coefficient (Wildman–Crippen LogP) is 2.71. The molecule has 0 radical (unpaired) electrons. The van der Waals surface area contributed by atoms with Gasteiger partial charge in [0.2, 0.25) is 5.91 Å². The largest absolute Gasteiger partial charge is 0.399 e. The summed E-state index contributed by atoms with van der Waals surface area (Å²) in [5.74, 6) is -0.229. The zero-order valence-corrected chi connectivity index (χ0v) is 12.5. The number of nitrogens with zero attached hydrogens (tertiary/aromatic N) is 1. The Morgan fingerprint density at radius 1 is 1.50 bits per heavy atom. The Kier molecular flexibility index (Phi) is 4.74. The van der Waals surface area contributed by atoms with Crippen LogP contribution in [0.25, 0.3) is 0 Å². The number of aryl methyl sites for hydroxylation is 1. The molecule has 0 spiro atoms. The normalized spacial score (nSPS) is 12.1. The van der Waals surface area contributed by atoms with Crippen LogP contribution in [0.2, 0.25) is 0 Å². The maximum atomic E-state index is 12.1. The number of nitrogens with one attached hydrogen (secondary N) is 1. The lowest BCUT2D eigenvalue weighted by atomic mass is 10.00. The summed E-state index contributed by atoms with van der Waals surface area (Å²) in [5, 5.41) is 3.86. The van der Waals surface area contributed by atoms with E-state index in [1.807, 2.05) is 37.4 Å². The zero-order chi connectivity index (χ0) is 14.5. The first kappa shape index (κ1) is 14.5. The maximum Gasteiger partial charge on any atom is 0.227 e. The molecule has 3 N–H and O–H groups in total. The first-order valence-corrected chi connectivity index (χ1v) is 7.48. The van der Waals surface area contributed by atoms with Gasteiger partial charge in [-0.2, -0.15) is 0 Å². The fraction of sp³-hybridized carbons (Fsp3) is 0.333. The van der Waals surface area contributed by atoms with Gasteiger partial charge in [-0.05, 0) is 31.0 Å². The Bertz CT molecular complexity index is 594. The van der Waals surface area contributed by atoms with Crippen molar-refractivity contribution in [2.24, 2.45) is 0 Å². The van der Waals surface area contributed by atoms with Crippen LogP contribution in [0.1, 0.15) is 35.2 Å². The summed E-state index contributed by atoms with van der Waals surface area (Å²) >= 11 is 1.64. The summed E-state index contributed by atoms with van der Waals surface area (Å²) in [6, 6.07) is 7.43. The lowest BCUT2D eigenvalue weighted by Crippen LogP contribution is -2.27. The van der Waals surface area contributed by atoms with E-state index in [1.165, 1.54) is 4.88 Å². The quantitative estimate of drug-likeness (QED) is 0.832. The predicted molar refractivity (Wildman–Crippen MR) is 82.6 cm³/mol. The zero-order valence-electron chi connectivity index (χ0n) is 11.7. The molecule has 20 heavy (non-hydrogen) atoms.